The second-order valence-electron chi connectivity index (χ2n) is 6.68. The molecule has 0 aromatic heterocycles. The summed E-state index contributed by atoms with van der Waals surface area (Å²) in [4.78, 5) is 13.6. The summed E-state index contributed by atoms with van der Waals surface area (Å²) in [5.41, 5.74) is -1.06. The van der Waals surface area contributed by atoms with Crippen molar-refractivity contribution in [3.8, 4) is 0 Å². The number of likely N-dealkylation sites (tertiary alicyclic amines) is 1. The van der Waals surface area contributed by atoms with Gasteiger partial charge in [0, 0.05) is 6.54 Å². The molecule has 1 heterocycles. The van der Waals surface area contributed by atoms with E-state index >= 15 is 0 Å². The van der Waals surface area contributed by atoms with E-state index in [0.29, 0.717) is 12.0 Å². The third-order valence-corrected chi connectivity index (χ3v) is 3.97. The molecule has 0 saturated carbocycles. The number of carbonyl (C=O) groups is 1. The molecule has 18 heavy (non-hydrogen) atoms. The lowest BCUT2D eigenvalue weighted by atomic mass is 9.75. The predicted molar refractivity (Wildman–Crippen MR) is 71.3 cm³/mol. The van der Waals surface area contributed by atoms with Crippen molar-refractivity contribution in [1.29, 1.82) is 0 Å². The van der Waals surface area contributed by atoms with Gasteiger partial charge in [0.2, 0.25) is 0 Å². The van der Waals surface area contributed by atoms with Crippen LogP contribution in [0, 0.1) is 11.3 Å². The zero-order chi connectivity index (χ0) is 14.0. The number of methoxy groups -OCH3 is 1. The van der Waals surface area contributed by atoms with Gasteiger partial charge in [0.25, 0.3) is 0 Å². The molecular formula is C14H27NO3. The maximum Gasteiger partial charge on any atom is 0.338 e. The van der Waals surface area contributed by atoms with Gasteiger partial charge in [-0.1, -0.05) is 20.8 Å². The Balaban J connectivity index is 2.47. The van der Waals surface area contributed by atoms with Crippen molar-refractivity contribution >= 4 is 5.97 Å². The number of β-amino-alcohol motifs (C(OH)–C–C–N with tert-alkyl or cyclic N) is 1. The van der Waals surface area contributed by atoms with E-state index in [2.05, 4.69) is 30.4 Å². The zero-order valence-electron chi connectivity index (χ0n) is 12.3. The van der Waals surface area contributed by atoms with Gasteiger partial charge in [-0.05, 0) is 44.2 Å². The van der Waals surface area contributed by atoms with Crippen molar-refractivity contribution in [3.05, 3.63) is 0 Å². The first-order chi connectivity index (χ1) is 8.16. The summed E-state index contributed by atoms with van der Waals surface area (Å²) in [5.74, 6) is 0.164. The van der Waals surface area contributed by atoms with E-state index in [1.807, 2.05) is 0 Å². The van der Waals surface area contributed by atoms with Crippen LogP contribution in [0.1, 0.15) is 40.5 Å². The summed E-state index contributed by atoms with van der Waals surface area (Å²) in [7, 11) is 1.31. The normalized spacial score (nSPS) is 22.6. The molecule has 1 rings (SSSR count). The largest absolute Gasteiger partial charge is 0.467 e. The van der Waals surface area contributed by atoms with Gasteiger partial charge in [0.05, 0.1) is 7.11 Å². The van der Waals surface area contributed by atoms with Gasteiger partial charge >= 0.3 is 5.97 Å². The van der Waals surface area contributed by atoms with Crippen molar-refractivity contribution in [1.82, 2.24) is 4.90 Å². The van der Waals surface area contributed by atoms with Gasteiger partial charge in [-0.3, -0.25) is 4.90 Å². The highest BCUT2D eigenvalue weighted by Gasteiger charge is 2.36. The minimum Gasteiger partial charge on any atom is -0.467 e. The monoisotopic (exact) mass is 257 g/mol. The van der Waals surface area contributed by atoms with E-state index in [9.17, 15) is 9.90 Å². The van der Waals surface area contributed by atoms with Crippen LogP contribution in [-0.4, -0.2) is 48.3 Å². The van der Waals surface area contributed by atoms with Gasteiger partial charge < -0.3 is 9.84 Å². The van der Waals surface area contributed by atoms with Crippen LogP contribution in [0.2, 0.25) is 0 Å². The van der Waals surface area contributed by atoms with Crippen LogP contribution >= 0.6 is 0 Å². The molecule has 0 bridgehead atoms. The Bertz CT molecular complexity index is 286. The summed E-state index contributed by atoms with van der Waals surface area (Å²) in [6.45, 7) is 10.6. The first-order valence-electron chi connectivity index (χ1n) is 6.70. The molecule has 1 fully saturated rings. The number of nitrogens with zero attached hydrogens (tertiary/aromatic N) is 1. The molecule has 0 aliphatic carbocycles. The number of esters is 1. The molecule has 0 amide bonds. The molecule has 1 atom stereocenters. The fraction of sp³-hybridized carbons (Fsp3) is 0.929. The van der Waals surface area contributed by atoms with Crippen LogP contribution < -0.4 is 0 Å². The van der Waals surface area contributed by atoms with Crippen molar-refractivity contribution in [2.75, 3.05) is 26.7 Å². The Kier molecular flexibility index (Phi) is 4.78. The number of ether oxygens (including phenoxy) is 1. The highest BCUT2D eigenvalue weighted by atomic mass is 16.5. The minimum absolute atomic E-state index is 0.344. The van der Waals surface area contributed by atoms with Crippen LogP contribution in [0.15, 0.2) is 0 Å². The first-order valence-corrected chi connectivity index (χ1v) is 6.70. The Morgan fingerprint density at radius 1 is 1.28 bits per heavy atom. The minimum atomic E-state index is -1.40. The van der Waals surface area contributed by atoms with E-state index in [1.54, 1.807) is 0 Å². The average Bonchev–Trinajstić information content (AvgIpc) is 2.26. The number of hydrogen-bond donors (Lipinski definition) is 1. The molecule has 4 heteroatoms. The fourth-order valence-electron chi connectivity index (χ4n) is 2.68. The third kappa shape index (κ3) is 3.95. The number of aliphatic hydroxyl groups is 1. The Labute approximate surface area is 110 Å². The summed E-state index contributed by atoms with van der Waals surface area (Å²) in [5, 5.41) is 10.0. The van der Waals surface area contributed by atoms with E-state index in [4.69, 9.17) is 0 Å². The summed E-state index contributed by atoms with van der Waals surface area (Å²) >= 11 is 0. The molecule has 0 spiro atoms. The molecule has 1 unspecified atom stereocenters. The van der Waals surface area contributed by atoms with Crippen LogP contribution in [0.4, 0.5) is 0 Å². The maximum atomic E-state index is 11.4. The standard InChI is InChI=1S/C14H27NO3/c1-13(2,3)11-6-8-15(9-7-11)10-14(4,17)12(16)18-5/h11,17H,6-10H2,1-5H3. The van der Waals surface area contributed by atoms with E-state index < -0.39 is 11.6 Å². The van der Waals surface area contributed by atoms with Gasteiger partial charge in [-0.15, -0.1) is 0 Å². The maximum absolute atomic E-state index is 11.4. The van der Waals surface area contributed by atoms with Crippen LogP contribution in [0.5, 0.6) is 0 Å². The fourth-order valence-corrected chi connectivity index (χ4v) is 2.68. The molecule has 4 nitrogen and oxygen atoms in total. The summed E-state index contributed by atoms with van der Waals surface area (Å²) in [6, 6.07) is 0. The van der Waals surface area contributed by atoms with Crippen molar-refractivity contribution in [2.24, 2.45) is 11.3 Å². The van der Waals surface area contributed by atoms with Crippen molar-refractivity contribution in [3.63, 3.8) is 0 Å². The van der Waals surface area contributed by atoms with Crippen molar-refractivity contribution in [2.45, 2.75) is 46.1 Å². The Morgan fingerprint density at radius 3 is 2.17 bits per heavy atom. The molecule has 0 radical (unpaired) electrons. The van der Waals surface area contributed by atoms with E-state index in [0.717, 1.165) is 31.8 Å². The van der Waals surface area contributed by atoms with Gasteiger partial charge in [-0.2, -0.15) is 0 Å². The topological polar surface area (TPSA) is 49.8 Å². The summed E-state index contributed by atoms with van der Waals surface area (Å²) < 4.78 is 4.62. The molecule has 0 aromatic carbocycles. The zero-order valence-corrected chi connectivity index (χ0v) is 12.3. The number of piperidine rings is 1. The highest BCUT2D eigenvalue weighted by molar-refractivity contribution is 5.78. The molecule has 1 aliphatic rings. The van der Waals surface area contributed by atoms with Crippen molar-refractivity contribution < 1.29 is 14.6 Å². The SMILES string of the molecule is COC(=O)C(C)(O)CN1CCC(C(C)(C)C)CC1. The molecule has 1 saturated heterocycles. The lowest BCUT2D eigenvalue weighted by Crippen LogP contribution is -2.50. The Hall–Kier alpha value is -0.610. The lowest BCUT2D eigenvalue weighted by molar-refractivity contribution is -0.162. The third-order valence-electron chi connectivity index (χ3n) is 3.97. The summed E-state index contributed by atoms with van der Waals surface area (Å²) in [6.07, 6.45) is 2.25. The molecule has 106 valence electrons. The molecule has 1 N–H and O–H groups in total. The average molecular weight is 257 g/mol. The van der Waals surface area contributed by atoms with E-state index in [-0.39, 0.29) is 0 Å². The molecular weight excluding hydrogens is 230 g/mol. The second-order valence-corrected chi connectivity index (χ2v) is 6.68. The second kappa shape index (κ2) is 5.57. The number of rotatable bonds is 3. The van der Waals surface area contributed by atoms with Crippen LogP contribution in [0.3, 0.4) is 0 Å². The molecule has 1 aliphatic heterocycles. The lowest BCUT2D eigenvalue weighted by Gasteiger charge is -2.40. The first kappa shape index (κ1) is 15.4. The predicted octanol–water partition coefficient (Wildman–Crippen LogP) is 1.67. The quantitative estimate of drug-likeness (QED) is 0.781. The number of hydrogen-bond acceptors (Lipinski definition) is 4. The van der Waals surface area contributed by atoms with Gasteiger partial charge in [0.15, 0.2) is 5.60 Å². The van der Waals surface area contributed by atoms with Gasteiger partial charge in [-0.25, -0.2) is 4.79 Å². The molecule has 0 aromatic rings. The Morgan fingerprint density at radius 2 is 1.78 bits per heavy atom. The number of carbonyl (C=O) groups excluding carboxylic acids is 1. The highest BCUT2D eigenvalue weighted by Crippen LogP contribution is 2.34. The van der Waals surface area contributed by atoms with Crippen LogP contribution in [-0.2, 0) is 9.53 Å². The van der Waals surface area contributed by atoms with Crippen LogP contribution in [0.25, 0.3) is 0 Å². The smallest absolute Gasteiger partial charge is 0.338 e. The van der Waals surface area contributed by atoms with Gasteiger partial charge in [0.1, 0.15) is 0 Å². The van der Waals surface area contributed by atoms with E-state index in [1.165, 1.54) is 14.0 Å².